The van der Waals surface area contributed by atoms with Crippen molar-refractivity contribution in [2.45, 2.75) is 19.1 Å². The molecule has 0 saturated carbocycles. The number of amides is 1. The summed E-state index contributed by atoms with van der Waals surface area (Å²) in [5.74, 6) is 0.645. The number of hydrogen-bond donors (Lipinski definition) is 0. The van der Waals surface area contributed by atoms with Gasteiger partial charge in [-0.25, -0.2) is 4.98 Å². The third-order valence-corrected chi connectivity index (χ3v) is 4.65. The maximum Gasteiger partial charge on any atom is 0.261 e. The molecule has 1 aromatic carbocycles. The molecule has 144 valence electrons. The Hall–Kier alpha value is -3.49. The van der Waals surface area contributed by atoms with Crippen LogP contribution < -0.4 is 15.0 Å². The van der Waals surface area contributed by atoms with Gasteiger partial charge in [0, 0.05) is 25.1 Å². The average molecular weight is 381 g/mol. The lowest BCUT2D eigenvalue weighted by Gasteiger charge is -2.17. The Morgan fingerprint density at radius 3 is 2.75 bits per heavy atom. The lowest BCUT2D eigenvalue weighted by atomic mass is 10.2. The van der Waals surface area contributed by atoms with Crippen molar-refractivity contribution in [2.75, 3.05) is 20.2 Å². The fourth-order valence-corrected chi connectivity index (χ4v) is 3.17. The van der Waals surface area contributed by atoms with E-state index in [0.717, 1.165) is 0 Å². The smallest absolute Gasteiger partial charge is 0.261 e. The average Bonchev–Trinajstić information content (AvgIpc) is 3.19. The van der Waals surface area contributed by atoms with E-state index in [9.17, 15) is 9.59 Å². The molecule has 0 bridgehead atoms. The first kappa shape index (κ1) is 17.9. The minimum Gasteiger partial charge on any atom is -0.480 e. The van der Waals surface area contributed by atoms with Crippen molar-refractivity contribution in [3.8, 4) is 11.8 Å². The molecule has 1 fully saturated rings. The molecule has 1 aliphatic rings. The molecule has 0 spiro atoms. The second-order valence-corrected chi connectivity index (χ2v) is 6.48. The van der Waals surface area contributed by atoms with Gasteiger partial charge in [0.1, 0.15) is 12.6 Å². The third-order valence-electron chi connectivity index (χ3n) is 4.65. The standard InChI is InChI=1S/C19H19N5O4/c1-27-16-6-7-17(22-21-16)28-13-8-9-23(10-13)18(25)11-24-12-20-15-5-3-2-4-14(15)19(24)26/h2-7,12-13H,8-11H2,1H3/t13-/m1/s1. The van der Waals surface area contributed by atoms with Crippen LogP contribution in [0.25, 0.3) is 10.9 Å². The number of para-hydroxylation sites is 1. The van der Waals surface area contributed by atoms with Crippen molar-refractivity contribution >= 4 is 16.8 Å². The van der Waals surface area contributed by atoms with Crippen molar-refractivity contribution in [2.24, 2.45) is 0 Å². The fraction of sp³-hybridized carbons (Fsp3) is 0.316. The Labute approximate surface area is 160 Å². The molecular formula is C19H19N5O4. The number of fused-ring (bicyclic) bond motifs is 1. The highest BCUT2D eigenvalue weighted by Crippen LogP contribution is 2.17. The Morgan fingerprint density at radius 2 is 1.96 bits per heavy atom. The van der Waals surface area contributed by atoms with Gasteiger partial charge in [-0.1, -0.05) is 12.1 Å². The SMILES string of the molecule is COc1ccc(O[C@@H]2CCN(C(=O)Cn3cnc4ccccc4c3=O)C2)nn1. The number of hydrogen-bond acceptors (Lipinski definition) is 7. The topological polar surface area (TPSA) is 99.4 Å². The van der Waals surface area contributed by atoms with Crippen LogP contribution in [-0.4, -0.2) is 56.9 Å². The molecule has 1 saturated heterocycles. The first-order chi connectivity index (χ1) is 13.6. The number of likely N-dealkylation sites (tertiary alicyclic amines) is 1. The zero-order chi connectivity index (χ0) is 19.5. The van der Waals surface area contributed by atoms with Gasteiger partial charge >= 0.3 is 0 Å². The Kier molecular flexibility index (Phi) is 4.88. The van der Waals surface area contributed by atoms with Crippen LogP contribution >= 0.6 is 0 Å². The van der Waals surface area contributed by atoms with E-state index in [1.165, 1.54) is 18.0 Å². The molecule has 9 heteroatoms. The van der Waals surface area contributed by atoms with Gasteiger partial charge in [-0.05, 0) is 12.1 Å². The number of ether oxygens (including phenoxy) is 2. The molecule has 2 aromatic heterocycles. The van der Waals surface area contributed by atoms with Crippen molar-refractivity contribution in [1.82, 2.24) is 24.6 Å². The Morgan fingerprint density at radius 1 is 1.18 bits per heavy atom. The summed E-state index contributed by atoms with van der Waals surface area (Å²) in [4.78, 5) is 31.1. The first-order valence-corrected chi connectivity index (χ1v) is 8.90. The monoisotopic (exact) mass is 381 g/mol. The van der Waals surface area contributed by atoms with Crippen LogP contribution in [0.4, 0.5) is 0 Å². The predicted octanol–water partition coefficient (Wildman–Crippen LogP) is 0.875. The van der Waals surface area contributed by atoms with Crippen LogP contribution in [0.1, 0.15) is 6.42 Å². The second kappa shape index (κ2) is 7.63. The molecule has 4 rings (SSSR count). The van der Waals surface area contributed by atoms with Crippen LogP contribution in [0.15, 0.2) is 47.5 Å². The zero-order valence-electron chi connectivity index (χ0n) is 15.3. The summed E-state index contributed by atoms with van der Waals surface area (Å²) >= 11 is 0. The first-order valence-electron chi connectivity index (χ1n) is 8.90. The molecule has 9 nitrogen and oxygen atoms in total. The van der Waals surface area contributed by atoms with Crippen molar-refractivity contribution < 1.29 is 14.3 Å². The van der Waals surface area contributed by atoms with Gasteiger partial charge in [0.15, 0.2) is 0 Å². The van der Waals surface area contributed by atoms with E-state index < -0.39 is 0 Å². The van der Waals surface area contributed by atoms with Gasteiger partial charge < -0.3 is 14.4 Å². The summed E-state index contributed by atoms with van der Waals surface area (Å²) in [6, 6.07) is 10.4. The number of carbonyl (C=O) groups excluding carboxylic acids is 1. The molecule has 0 aliphatic carbocycles. The normalized spacial score (nSPS) is 16.3. The Bertz CT molecular complexity index is 1050. The van der Waals surface area contributed by atoms with E-state index >= 15 is 0 Å². The molecule has 0 radical (unpaired) electrons. The van der Waals surface area contributed by atoms with Gasteiger partial charge in [0.05, 0.1) is 30.9 Å². The summed E-state index contributed by atoms with van der Waals surface area (Å²) in [7, 11) is 1.52. The lowest BCUT2D eigenvalue weighted by molar-refractivity contribution is -0.131. The molecule has 3 heterocycles. The molecule has 1 atom stereocenters. The summed E-state index contributed by atoms with van der Waals surface area (Å²) in [5.41, 5.74) is 0.394. The van der Waals surface area contributed by atoms with Gasteiger partial charge in [0.2, 0.25) is 17.7 Å². The van der Waals surface area contributed by atoms with Crippen molar-refractivity contribution in [3.05, 3.63) is 53.1 Å². The van der Waals surface area contributed by atoms with Gasteiger partial charge in [-0.15, -0.1) is 10.2 Å². The van der Waals surface area contributed by atoms with Crippen LogP contribution in [0, 0.1) is 0 Å². The molecule has 3 aromatic rings. The van der Waals surface area contributed by atoms with E-state index in [1.54, 1.807) is 35.2 Å². The van der Waals surface area contributed by atoms with Crippen LogP contribution in [0.2, 0.25) is 0 Å². The minimum absolute atomic E-state index is 0.0499. The summed E-state index contributed by atoms with van der Waals surface area (Å²) in [6.45, 7) is 0.941. The van der Waals surface area contributed by atoms with Crippen LogP contribution in [-0.2, 0) is 11.3 Å². The van der Waals surface area contributed by atoms with E-state index in [1.807, 2.05) is 6.07 Å². The van der Waals surface area contributed by atoms with Gasteiger partial charge in [-0.3, -0.25) is 14.2 Å². The molecule has 0 N–H and O–H groups in total. The molecule has 0 unspecified atom stereocenters. The highest BCUT2D eigenvalue weighted by Gasteiger charge is 2.28. The Balaban J connectivity index is 1.39. The number of aromatic nitrogens is 4. The molecule has 28 heavy (non-hydrogen) atoms. The van der Waals surface area contributed by atoms with Gasteiger partial charge in [-0.2, -0.15) is 0 Å². The number of methoxy groups -OCH3 is 1. The summed E-state index contributed by atoms with van der Waals surface area (Å²) in [6.07, 6.45) is 1.93. The van der Waals surface area contributed by atoms with Gasteiger partial charge in [0.25, 0.3) is 5.56 Å². The second-order valence-electron chi connectivity index (χ2n) is 6.48. The maximum absolute atomic E-state index is 12.6. The molecule has 1 amide bonds. The summed E-state index contributed by atoms with van der Waals surface area (Å²) < 4.78 is 12.1. The van der Waals surface area contributed by atoms with E-state index in [4.69, 9.17) is 9.47 Å². The predicted molar refractivity (Wildman–Crippen MR) is 100 cm³/mol. The highest BCUT2D eigenvalue weighted by atomic mass is 16.5. The number of rotatable bonds is 5. The molecule has 1 aliphatic heterocycles. The number of nitrogens with zero attached hydrogens (tertiary/aromatic N) is 5. The van der Waals surface area contributed by atoms with Crippen LogP contribution in [0.5, 0.6) is 11.8 Å². The summed E-state index contributed by atoms with van der Waals surface area (Å²) in [5, 5.41) is 8.30. The zero-order valence-corrected chi connectivity index (χ0v) is 15.3. The maximum atomic E-state index is 12.6. The van der Waals surface area contributed by atoms with Crippen molar-refractivity contribution in [1.29, 1.82) is 0 Å². The minimum atomic E-state index is -0.223. The van der Waals surface area contributed by atoms with Crippen LogP contribution in [0.3, 0.4) is 0 Å². The van der Waals surface area contributed by atoms with E-state index in [-0.39, 0.29) is 24.1 Å². The molecular weight excluding hydrogens is 362 g/mol. The van der Waals surface area contributed by atoms with E-state index in [0.29, 0.717) is 42.2 Å². The number of benzene rings is 1. The largest absolute Gasteiger partial charge is 0.480 e. The fourth-order valence-electron chi connectivity index (χ4n) is 3.17. The third kappa shape index (κ3) is 3.64. The lowest BCUT2D eigenvalue weighted by Crippen LogP contribution is -2.36. The quantitative estimate of drug-likeness (QED) is 0.647. The highest BCUT2D eigenvalue weighted by molar-refractivity contribution is 5.79. The van der Waals surface area contributed by atoms with Crippen molar-refractivity contribution in [3.63, 3.8) is 0 Å². The van der Waals surface area contributed by atoms with E-state index in [2.05, 4.69) is 15.2 Å². The number of carbonyl (C=O) groups is 1.